The summed E-state index contributed by atoms with van der Waals surface area (Å²) in [6, 6.07) is 6.87. The maximum atomic E-state index is 10.7. The van der Waals surface area contributed by atoms with Crippen molar-refractivity contribution < 1.29 is 9.90 Å². The van der Waals surface area contributed by atoms with E-state index in [4.69, 9.17) is 5.11 Å². The van der Waals surface area contributed by atoms with E-state index in [1.165, 1.54) is 12.8 Å². The van der Waals surface area contributed by atoms with Crippen LogP contribution in [0.3, 0.4) is 0 Å². The second-order valence-electron chi connectivity index (χ2n) is 4.70. The number of carboxylic acids is 1. The minimum Gasteiger partial charge on any atom is -0.478 e. The SMILES string of the molecule is CC(C)CCCCNc1ccc(C(=O)O)cc1. The minimum atomic E-state index is -0.881. The molecule has 0 saturated carbocycles. The number of rotatable bonds is 7. The van der Waals surface area contributed by atoms with Gasteiger partial charge in [0.1, 0.15) is 0 Å². The summed E-state index contributed by atoms with van der Waals surface area (Å²) in [7, 11) is 0. The van der Waals surface area contributed by atoms with Crippen LogP contribution in [0.25, 0.3) is 0 Å². The molecule has 0 heterocycles. The Balaban J connectivity index is 2.25. The Morgan fingerprint density at radius 1 is 1.24 bits per heavy atom. The predicted molar refractivity (Wildman–Crippen MR) is 70.6 cm³/mol. The zero-order valence-electron chi connectivity index (χ0n) is 10.6. The van der Waals surface area contributed by atoms with Gasteiger partial charge in [-0.25, -0.2) is 4.79 Å². The van der Waals surface area contributed by atoms with Crippen molar-refractivity contribution >= 4 is 11.7 Å². The number of carbonyl (C=O) groups is 1. The summed E-state index contributed by atoms with van der Waals surface area (Å²) in [4.78, 5) is 10.7. The molecule has 1 aromatic carbocycles. The van der Waals surface area contributed by atoms with Crippen molar-refractivity contribution in [2.45, 2.75) is 33.1 Å². The monoisotopic (exact) mass is 235 g/mol. The maximum absolute atomic E-state index is 10.7. The van der Waals surface area contributed by atoms with Gasteiger partial charge in [-0.15, -0.1) is 0 Å². The number of hydrogen-bond acceptors (Lipinski definition) is 2. The van der Waals surface area contributed by atoms with Gasteiger partial charge < -0.3 is 10.4 Å². The van der Waals surface area contributed by atoms with E-state index in [1.807, 2.05) is 12.1 Å². The van der Waals surface area contributed by atoms with Crippen molar-refractivity contribution in [3.63, 3.8) is 0 Å². The molecule has 17 heavy (non-hydrogen) atoms. The molecule has 0 aliphatic rings. The average Bonchev–Trinajstić information content (AvgIpc) is 2.29. The Hall–Kier alpha value is -1.51. The molecule has 0 radical (unpaired) electrons. The molecule has 0 bridgehead atoms. The van der Waals surface area contributed by atoms with Crippen LogP contribution in [0.5, 0.6) is 0 Å². The first-order chi connectivity index (χ1) is 8.09. The fraction of sp³-hybridized carbons (Fsp3) is 0.500. The van der Waals surface area contributed by atoms with Crippen molar-refractivity contribution in [2.24, 2.45) is 5.92 Å². The molecular formula is C14H21NO2. The third kappa shape index (κ3) is 5.38. The topological polar surface area (TPSA) is 49.3 Å². The standard InChI is InChI=1S/C14H21NO2/c1-11(2)5-3-4-10-15-13-8-6-12(7-9-13)14(16)17/h6-9,11,15H,3-5,10H2,1-2H3,(H,16,17). The molecule has 1 rings (SSSR count). The Morgan fingerprint density at radius 2 is 1.88 bits per heavy atom. The van der Waals surface area contributed by atoms with Gasteiger partial charge in [-0.1, -0.05) is 26.7 Å². The molecule has 1 aromatic rings. The summed E-state index contributed by atoms with van der Waals surface area (Å²) < 4.78 is 0. The van der Waals surface area contributed by atoms with Crippen molar-refractivity contribution in [3.05, 3.63) is 29.8 Å². The van der Waals surface area contributed by atoms with E-state index >= 15 is 0 Å². The molecule has 2 N–H and O–H groups in total. The summed E-state index contributed by atoms with van der Waals surface area (Å²) in [5.41, 5.74) is 1.31. The molecule has 0 fully saturated rings. The van der Waals surface area contributed by atoms with Gasteiger partial charge in [0.25, 0.3) is 0 Å². The Labute approximate surface area is 103 Å². The first kappa shape index (κ1) is 13.6. The number of nitrogens with one attached hydrogen (secondary N) is 1. The zero-order valence-corrected chi connectivity index (χ0v) is 10.6. The number of aromatic carboxylic acids is 1. The van der Waals surface area contributed by atoms with Gasteiger partial charge in [0.15, 0.2) is 0 Å². The quantitative estimate of drug-likeness (QED) is 0.710. The van der Waals surface area contributed by atoms with Crippen LogP contribution in [0.15, 0.2) is 24.3 Å². The molecule has 0 aliphatic carbocycles. The molecule has 0 atom stereocenters. The van der Waals surface area contributed by atoms with Crippen LogP contribution in [0, 0.1) is 5.92 Å². The van der Waals surface area contributed by atoms with Crippen molar-refractivity contribution in [1.29, 1.82) is 0 Å². The summed E-state index contributed by atoms with van der Waals surface area (Å²) in [6.45, 7) is 5.41. The Kier molecular flexibility index (Phi) is 5.53. The van der Waals surface area contributed by atoms with E-state index in [2.05, 4.69) is 19.2 Å². The predicted octanol–water partition coefficient (Wildman–Crippen LogP) is 3.62. The second kappa shape index (κ2) is 6.94. The van der Waals surface area contributed by atoms with Gasteiger partial charge in [-0.2, -0.15) is 0 Å². The third-order valence-electron chi connectivity index (χ3n) is 2.67. The number of unbranched alkanes of at least 4 members (excludes halogenated alkanes) is 1. The van der Waals surface area contributed by atoms with Crippen LogP contribution < -0.4 is 5.32 Å². The zero-order chi connectivity index (χ0) is 12.7. The highest BCUT2D eigenvalue weighted by Crippen LogP contribution is 2.11. The third-order valence-corrected chi connectivity index (χ3v) is 2.67. The summed E-state index contributed by atoms with van der Waals surface area (Å²) in [6.07, 6.45) is 3.65. The molecule has 3 nitrogen and oxygen atoms in total. The van der Waals surface area contributed by atoms with Crippen molar-refractivity contribution in [2.75, 3.05) is 11.9 Å². The second-order valence-corrected chi connectivity index (χ2v) is 4.70. The number of carboxylic acid groups (broad SMARTS) is 1. The lowest BCUT2D eigenvalue weighted by Gasteiger charge is -2.07. The van der Waals surface area contributed by atoms with Crippen LogP contribution in [0.2, 0.25) is 0 Å². The van der Waals surface area contributed by atoms with Gasteiger partial charge in [0.05, 0.1) is 5.56 Å². The minimum absolute atomic E-state index is 0.329. The Bertz CT molecular complexity index is 344. The molecular weight excluding hydrogens is 214 g/mol. The van der Waals surface area contributed by atoms with Gasteiger partial charge in [0, 0.05) is 12.2 Å². The summed E-state index contributed by atoms with van der Waals surface area (Å²) in [5, 5.41) is 12.0. The molecule has 3 heteroatoms. The molecule has 94 valence electrons. The highest BCUT2D eigenvalue weighted by Gasteiger charge is 2.01. The molecule has 0 spiro atoms. The number of hydrogen-bond donors (Lipinski definition) is 2. The fourth-order valence-electron chi connectivity index (χ4n) is 1.64. The lowest BCUT2D eigenvalue weighted by atomic mass is 10.1. The van der Waals surface area contributed by atoms with Crippen LogP contribution in [0.1, 0.15) is 43.5 Å². The van der Waals surface area contributed by atoms with E-state index in [0.29, 0.717) is 5.56 Å². The van der Waals surface area contributed by atoms with Crippen LogP contribution in [-0.2, 0) is 0 Å². The van der Waals surface area contributed by atoms with Crippen molar-refractivity contribution in [1.82, 2.24) is 0 Å². The van der Waals surface area contributed by atoms with Crippen LogP contribution in [-0.4, -0.2) is 17.6 Å². The van der Waals surface area contributed by atoms with E-state index in [0.717, 1.165) is 24.6 Å². The van der Waals surface area contributed by atoms with E-state index < -0.39 is 5.97 Å². The number of anilines is 1. The maximum Gasteiger partial charge on any atom is 0.335 e. The van der Waals surface area contributed by atoms with Crippen LogP contribution >= 0.6 is 0 Å². The van der Waals surface area contributed by atoms with E-state index in [9.17, 15) is 4.79 Å². The van der Waals surface area contributed by atoms with Gasteiger partial charge in [0.2, 0.25) is 0 Å². The van der Waals surface area contributed by atoms with E-state index in [-0.39, 0.29) is 0 Å². The largest absolute Gasteiger partial charge is 0.478 e. The lowest BCUT2D eigenvalue weighted by Crippen LogP contribution is -2.03. The fourth-order valence-corrected chi connectivity index (χ4v) is 1.64. The highest BCUT2D eigenvalue weighted by molar-refractivity contribution is 5.87. The van der Waals surface area contributed by atoms with Gasteiger partial charge >= 0.3 is 5.97 Å². The molecule has 0 aromatic heterocycles. The van der Waals surface area contributed by atoms with E-state index in [1.54, 1.807) is 12.1 Å². The highest BCUT2D eigenvalue weighted by atomic mass is 16.4. The van der Waals surface area contributed by atoms with Crippen molar-refractivity contribution in [3.8, 4) is 0 Å². The van der Waals surface area contributed by atoms with Gasteiger partial charge in [-0.3, -0.25) is 0 Å². The Morgan fingerprint density at radius 3 is 2.41 bits per heavy atom. The summed E-state index contributed by atoms with van der Waals surface area (Å²) in [5.74, 6) is -0.113. The molecule has 0 amide bonds. The lowest BCUT2D eigenvalue weighted by molar-refractivity contribution is 0.0697. The van der Waals surface area contributed by atoms with Gasteiger partial charge in [-0.05, 0) is 36.6 Å². The first-order valence-corrected chi connectivity index (χ1v) is 6.17. The normalized spacial score (nSPS) is 10.5. The molecule has 0 aliphatic heterocycles. The average molecular weight is 235 g/mol. The number of benzene rings is 1. The van der Waals surface area contributed by atoms with Crippen LogP contribution in [0.4, 0.5) is 5.69 Å². The smallest absolute Gasteiger partial charge is 0.335 e. The summed E-state index contributed by atoms with van der Waals surface area (Å²) >= 11 is 0. The molecule has 0 unspecified atom stereocenters. The molecule has 0 saturated heterocycles. The first-order valence-electron chi connectivity index (χ1n) is 6.17.